The van der Waals surface area contributed by atoms with Gasteiger partial charge < -0.3 is 40.9 Å². The number of benzene rings is 4. The first-order chi connectivity index (χ1) is 22.7. The SMILES string of the molecule is CC(C)=CCc1c(O)ccc(C(=O)[C@H]2[C@@H](c3c(O)cc(C=Cc4ccc(O)cc4O)cc3O)C=C(C)C[C@H]2c2ccc(O)cc2O)c1O. The van der Waals surface area contributed by atoms with E-state index in [2.05, 4.69) is 0 Å². The quantitative estimate of drug-likeness (QED) is 0.0538. The first-order valence-corrected chi connectivity index (χ1v) is 15.4. The Hall–Kier alpha value is -5.83. The van der Waals surface area contributed by atoms with E-state index in [0.717, 1.165) is 11.1 Å². The van der Waals surface area contributed by atoms with Gasteiger partial charge in [0.25, 0.3) is 0 Å². The number of allylic oxidation sites excluding steroid dienone is 4. The molecule has 9 nitrogen and oxygen atoms in total. The van der Waals surface area contributed by atoms with Crippen LogP contribution in [0, 0.1) is 5.92 Å². The average molecular weight is 651 g/mol. The van der Waals surface area contributed by atoms with Crippen LogP contribution in [0.5, 0.6) is 46.0 Å². The highest BCUT2D eigenvalue weighted by molar-refractivity contribution is 6.02. The van der Waals surface area contributed by atoms with Gasteiger partial charge in [-0.25, -0.2) is 0 Å². The molecule has 0 radical (unpaired) electrons. The number of phenols is 8. The number of phenolic OH excluding ortho intramolecular Hbond substituents is 8. The summed E-state index contributed by atoms with van der Waals surface area (Å²) in [5.74, 6) is -5.11. The van der Waals surface area contributed by atoms with Gasteiger partial charge >= 0.3 is 0 Å². The molecule has 0 bridgehead atoms. The zero-order valence-electron chi connectivity index (χ0n) is 26.7. The van der Waals surface area contributed by atoms with E-state index in [1.54, 1.807) is 18.2 Å². The maximum absolute atomic E-state index is 14.6. The van der Waals surface area contributed by atoms with Gasteiger partial charge in [-0.15, -0.1) is 0 Å². The maximum atomic E-state index is 14.6. The van der Waals surface area contributed by atoms with Crippen molar-refractivity contribution < 1.29 is 45.6 Å². The number of carbonyl (C=O) groups is 1. The molecule has 0 fully saturated rings. The second-order valence-electron chi connectivity index (χ2n) is 12.5. The molecule has 0 aliphatic heterocycles. The van der Waals surface area contributed by atoms with E-state index in [-0.39, 0.29) is 69.1 Å². The van der Waals surface area contributed by atoms with Gasteiger partial charge in [0.05, 0.1) is 5.56 Å². The van der Waals surface area contributed by atoms with Crippen LogP contribution >= 0.6 is 0 Å². The molecule has 0 unspecified atom stereocenters. The van der Waals surface area contributed by atoms with Crippen LogP contribution < -0.4 is 0 Å². The molecule has 0 aromatic heterocycles. The molecule has 248 valence electrons. The van der Waals surface area contributed by atoms with Gasteiger partial charge in [0, 0.05) is 46.6 Å². The molecule has 0 amide bonds. The van der Waals surface area contributed by atoms with Gasteiger partial charge in [-0.3, -0.25) is 4.79 Å². The fraction of sp³-hybridized carbons (Fsp3) is 0.205. The van der Waals surface area contributed by atoms with Crippen molar-refractivity contribution in [2.75, 3.05) is 0 Å². The number of hydrogen-bond donors (Lipinski definition) is 8. The predicted octanol–water partition coefficient (Wildman–Crippen LogP) is 7.73. The molecule has 0 saturated heterocycles. The third-order valence-electron chi connectivity index (χ3n) is 8.74. The van der Waals surface area contributed by atoms with Crippen molar-refractivity contribution in [1.82, 2.24) is 0 Å². The lowest BCUT2D eigenvalue weighted by Gasteiger charge is -2.37. The van der Waals surface area contributed by atoms with Crippen molar-refractivity contribution in [3.63, 3.8) is 0 Å². The second-order valence-corrected chi connectivity index (χ2v) is 12.5. The van der Waals surface area contributed by atoms with E-state index in [1.165, 1.54) is 60.7 Å². The summed E-state index contributed by atoms with van der Waals surface area (Å²) in [4.78, 5) is 14.6. The number of rotatable bonds is 8. The second kappa shape index (κ2) is 13.5. The molecule has 4 aromatic rings. The molecular formula is C39H38O9. The van der Waals surface area contributed by atoms with Crippen molar-refractivity contribution in [3.8, 4) is 46.0 Å². The Bertz CT molecular complexity index is 1960. The lowest BCUT2D eigenvalue weighted by atomic mass is 9.65. The van der Waals surface area contributed by atoms with Gasteiger partial charge in [-0.1, -0.05) is 41.5 Å². The Labute approximate surface area is 278 Å². The molecule has 0 saturated carbocycles. The third kappa shape index (κ3) is 6.80. The van der Waals surface area contributed by atoms with Crippen molar-refractivity contribution in [1.29, 1.82) is 0 Å². The molecule has 5 rings (SSSR count). The van der Waals surface area contributed by atoms with Crippen LogP contribution in [0.1, 0.15) is 77.2 Å². The Balaban J connectivity index is 1.65. The fourth-order valence-electron chi connectivity index (χ4n) is 6.41. The van der Waals surface area contributed by atoms with Gasteiger partial charge in [-0.05, 0) is 87.2 Å². The zero-order valence-corrected chi connectivity index (χ0v) is 26.7. The summed E-state index contributed by atoms with van der Waals surface area (Å²) in [5, 5.41) is 85.3. The van der Waals surface area contributed by atoms with E-state index >= 15 is 0 Å². The maximum Gasteiger partial charge on any atom is 0.171 e. The minimum Gasteiger partial charge on any atom is -0.508 e. The fourth-order valence-corrected chi connectivity index (χ4v) is 6.41. The van der Waals surface area contributed by atoms with E-state index < -0.39 is 23.5 Å². The van der Waals surface area contributed by atoms with Crippen molar-refractivity contribution in [3.05, 3.63) is 117 Å². The third-order valence-corrected chi connectivity index (χ3v) is 8.74. The van der Waals surface area contributed by atoms with Crippen LogP contribution in [-0.2, 0) is 6.42 Å². The van der Waals surface area contributed by atoms with Gasteiger partial charge in [-0.2, -0.15) is 0 Å². The van der Waals surface area contributed by atoms with Crippen molar-refractivity contribution in [2.45, 2.75) is 45.4 Å². The number of aromatic hydroxyl groups is 8. The lowest BCUT2D eigenvalue weighted by molar-refractivity contribution is 0.0876. The molecule has 1 aliphatic carbocycles. The molecule has 0 heterocycles. The number of ketones is 1. The van der Waals surface area contributed by atoms with Crippen LogP contribution in [0.3, 0.4) is 0 Å². The monoisotopic (exact) mass is 650 g/mol. The van der Waals surface area contributed by atoms with Gasteiger partial charge in [0.1, 0.15) is 46.0 Å². The zero-order chi connectivity index (χ0) is 34.9. The largest absolute Gasteiger partial charge is 0.508 e. The van der Waals surface area contributed by atoms with Gasteiger partial charge in [0.15, 0.2) is 5.78 Å². The molecule has 0 spiro atoms. The Morgan fingerprint density at radius 2 is 1.40 bits per heavy atom. The van der Waals surface area contributed by atoms with Crippen LogP contribution in [-0.4, -0.2) is 46.6 Å². The summed E-state index contributed by atoms with van der Waals surface area (Å²) >= 11 is 0. The van der Waals surface area contributed by atoms with E-state index in [0.29, 0.717) is 23.1 Å². The highest BCUT2D eigenvalue weighted by Gasteiger charge is 2.43. The summed E-state index contributed by atoms with van der Waals surface area (Å²) in [5.41, 5.74) is 3.06. The van der Waals surface area contributed by atoms with Crippen LogP contribution in [0.25, 0.3) is 12.2 Å². The number of Topliss-reactive ketones (excluding diaryl/α,β-unsaturated/α-hetero) is 1. The molecule has 1 aliphatic rings. The smallest absolute Gasteiger partial charge is 0.171 e. The van der Waals surface area contributed by atoms with E-state index in [9.17, 15) is 45.6 Å². The molecule has 8 N–H and O–H groups in total. The average Bonchev–Trinajstić information content (AvgIpc) is 2.99. The topological polar surface area (TPSA) is 179 Å². The molecule has 3 atom stereocenters. The van der Waals surface area contributed by atoms with Crippen LogP contribution in [0.4, 0.5) is 0 Å². The highest BCUT2D eigenvalue weighted by Crippen LogP contribution is 2.53. The molecule has 9 heteroatoms. The summed E-state index contributed by atoms with van der Waals surface area (Å²) in [7, 11) is 0. The van der Waals surface area contributed by atoms with Crippen LogP contribution in [0.2, 0.25) is 0 Å². The van der Waals surface area contributed by atoms with Crippen molar-refractivity contribution >= 4 is 17.9 Å². The summed E-state index contributed by atoms with van der Waals surface area (Å²) in [6.45, 7) is 5.58. The van der Waals surface area contributed by atoms with Crippen LogP contribution in [0.15, 0.2) is 84.0 Å². The Morgan fingerprint density at radius 1 is 0.750 bits per heavy atom. The van der Waals surface area contributed by atoms with E-state index in [1.807, 2.05) is 26.8 Å². The molecular weight excluding hydrogens is 612 g/mol. The Morgan fingerprint density at radius 3 is 2.02 bits per heavy atom. The summed E-state index contributed by atoms with van der Waals surface area (Å²) in [6, 6.07) is 13.7. The molecule has 4 aromatic carbocycles. The standard InChI is InChI=1S/C39H38O9/c1-20(2)4-10-27-31(42)13-12-28(38(27)47)39(48)36-29(26-11-9-25(41)19-33(26)44)14-21(3)15-30(36)37-34(45)16-22(17-35(37)46)5-6-23-7-8-24(40)18-32(23)43/h4-9,11-13,15-19,29-30,36,40-47H,10,14H2,1-3H3/t29-,30-,36+/m0/s1. The van der Waals surface area contributed by atoms with E-state index in [4.69, 9.17) is 0 Å². The van der Waals surface area contributed by atoms with Crippen molar-refractivity contribution in [2.24, 2.45) is 5.92 Å². The first kappa shape index (κ1) is 33.5. The minimum atomic E-state index is -1.07. The molecule has 48 heavy (non-hydrogen) atoms. The lowest BCUT2D eigenvalue weighted by Crippen LogP contribution is -2.31. The van der Waals surface area contributed by atoms with Gasteiger partial charge in [0.2, 0.25) is 0 Å². The highest BCUT2D eigenvalue weighted by atomic mass is 16.3. The number of carbonyl (C=O) groups excluding carboxylic acids is 1. The predicted molar refractivity (Wildman–Crippen MR) is 183 cm³/mol. The Kier molecular flexibility index (Phi) is 9.43. The number of hydrogen-bond acceptors (Lipinski definition) is 9. The summed E-state index contributed by atoms with van der Waals surface area (Å²) in [6.07, 6.45) is 7.17. The minimum absolute atomic E-state index is 0.0586. The first-order valence-electron chi connectivity index (χ1n) is 15.4. The normalized spacial score (nSPS) is 17.6. The summed E-state index contributed by atoms with van der Waals surface area (Å²) < 4.78 is 0.